The molecule has 0 bridgehead atoms. The van der Waals surface area contributed by atoms with E-state index in [1.54, 1.807) is 13.3 Å². The Morgan fingerprint density at radius 3 is 2.95 bits per heavy atom. The summed E-state index contributed by atoms with van der Waals surface area (Å²) < 4.78 is 5.10. The Kier molecular flexibility index (Phi) is 5.67. The second-order valence-corrected chi connectivity index (χ2v) is 4.50. The molecule has 0 saturated carbocycles. The molecule has 0 atom stereocenters. The van der Waals surface area contributed by atoms with Crippen molar-refractivity contribution in [3.05, 3.63) is 36.3 Å². The van der Waals surface area contributed by atoms with Crippen molar-refractivity contribution in [3.8, 4) is 11.3 Å². The summed E-state index contributed by atoms with van der Waals surface area (Å²) in [6, 6.07) is 3.89. The third-order valence-corrected chi connectivity index (χ3v) is 3.09. The lowest BCUT2D eigenvalue weighted by Crippen LogP contribution is -2.29. The zero-order chi connectivity index (χ0) is 14.2. The number of ether oxygens (including phenoxy) is 1. The van der Waals surface area contributed by atoms with Gasteiger partial charge in [0.1, 0.15) is 0 Å². The zero-order valence-corrected chi connectivity index (χ0v) is 11.6. The Morgan fingerprint density at radius 1 is 1.35 bits per heavy atom. The molecule has 2 aromatic rings. The highest BCUT2D eigenvalue weighted by Gasteiger charge is 2.12. The van der Waals surface area contributed by atoms with Crippen LogP contribution in [0.15, 0.2) is 30.7 Å². The lowest BCUT2D eigenvalue weighted by Gasteiger charge is -2.20. The molecule has 0 fully saturated rings. The molecule has 2 N–H and O–H groups in total. The first-order chi connectivity index (χ1) is 9.85. The first kappa shape index (κ1) is 14.6. The predicted octanol–water partition coefficient (Wildman–Crippen LogP) is 0.912. The van der Waals surface area contributed by atoms with E-state index >= 15 is 0 Å². The Bertz CT molecular complexity index is 501. The Balaban J connectivity index is 2.10. The van der Waals surface area contributed by atoms with E-state index in [1.165, 1.54) is 0 Å². The highest BCUT2D eigenvalue weighted by Crippen LogP contribution is 2.21. The summed E-state index contributed by atoms with van der Waals surface area (Å²) in [7, 11) is 1.68. The van der Waals surface area contributed by atoms with Crippen LogP contribution in [0.1, 0.15) is 5.56 Å². The summed E-state index contributed by atoms with van der Waals surface area (Å²) in [4.78, 5) is 6.26. The number of nitrogens with zero attached hydrogens (tertiary/aromatic N) is 3. The van der Waals surface area contributed by atoms with Crippen LogP contribution in [0.3, 0.4) is 0 Å². The van der Waals surface area contributed by atoms with Gasteiger partial charge in [-0.05, 0) is 12.1 Å². The minimum absolute atomic E-state index is 0.129. The first-order valence-corrected chi connectivity index (χ1v) is 6.60. The molecule has 2 heterocycles. The van der Waals surface area contributed by atoms with E-state index in [0.29, 0.717) is 19.7 Å². The Hall–Kier alpha value is -1.76. The summed E-state index contributed by atoms with van der Waals surface area (Å²) in [6.07, 6.45) is 5.37. The van der Waals surface area contributed by atoms with Crippen LogP contribution in [0.25, 0.3) is 11.3 Å². The van der Waals surface area contributed by atoms with Crippen LogP contribution in [-0.2, 0) is 11.3 Å². The zero-order valence-electron chi connectivity index (χ0n) is 11.6. The number of pyridine rings is 1. The van der Waals surface area contributed by atoms with Crippen molar-refractivity contribution < 1.29 is 9.84 Å². The standard InChI is InChI=1S/C14H20N4O2/c1-20-8-6-18(5-7-19)11-13-10-16-17-14(13)12-3-2-4-15-9-12/h2-4,9-10,19H,5-8,11H2,1H3,(H,16,17). The van der Waals surface area contributed by atoms with E-state index in [4.69, 9.17) is 9.84 Å². The molecule has 0 radical (unpaired) electrons. The van der Waals surface area contributed by atoms with Crippen LogP contribution in [0.2, 0.25) is 0 Å². The van der Waals surface area contributed by atoms with Crippen LogP contribution in [-0.4, -0.2) is 58.6 Å². The van der Waals surface area contributed by atoms with E-state index in [-0.39, 0.29) is 6.61 Å². The third kappa shape index (κ3) is 3.86. The first-order valence-electron chi connectivity index (χ1n) is 6.60. The number of aliphatic hydroxyl groups is 1. The minimum atomic E-state index is 0.129. The van der Waals surface area contributed by atoms with Crippen molar-refractivity contribution in [1.82, 2.24) is 20.1 Å². The van der Waals surface area contributed by atoms with Crippen LogP contribution in [0, 0.1) is 0 Å². The van der Waals surface area contributed by atoms with Crippen molar-refractivity contribution in [2.45, 2.75) is 6.54 Å². The van der Waals surface area contributed by atoms with Gasteiger partial charge in [0.05, 0.1) is 25.1 Å². The average Bonchev–Trinajstić information content (AvgIpc) is 2.94. The summed E-state index contributed by atoms with van der Waals surface area (Å²) in [5.41, 5.74) is 3.07. The fourth-order valence-corrected chi connectivity index (χ4v) is 2.06. The summed E-state index contributed by atoms with van der Waals surface area (Å²) in [5.74, 6) is 0. The quantitative estimate of drug-likeness (QED) is 0.749. The molecule has 0 unspecified atom stereocenters. The molecule has 2 aromatic heterocycles. The van der Waals surface area contributed by atoms with Gasteiger partial charge in [-0.25, -0.2) is 0 Å². The molecule has 0 aromatic carbocycles. The van der Waals surface area contributed by atoms with Crippen molar-refractivity contribution in [2.24, 2.45) is 0 Å². The van der Waals surface area contributed by atoms with Crippen LogP contribution >= 0.6 is 0 Å². The molecular weight excluding hydrogens is 256 g/mol. The molecule has 0 amide bonds. The number of aromatic nitrogens is 3. The van der Waals surface area contributed by atoms with E-state index in [0.717, 1.165) is 23.4 Å². The molecule has 108 valence electrons. The lowest BCUT2D eigenvalue weighted by molar-refractivity contribution is 0.127. The number of aliphatic hydroxyl groups excluding tert-OH is 1. The van der Waals surface area contributed by atoms with Gasteiger partial charge < -0.3 is 9.84 Å². The van der Waals surface area contributed by atoms with E-state index in [9.17, 15) is 0 Å². The Morgan fingerprint density at radius 2 is 2.25 bits per heavy atom. The number of methoxy groups -OCH3 is 1. The number of hydrogen-bond donors (Lipinski definition) is 2. The molecule has 0 aliphatic heterocycles. The predicted molar refractivity (Wildman–Crippen MR) is 76.1 cm³/mol. The van der Waals surface area contributed by atoms with Crippen molar-refractivity contribution in [3.63, 3.8) is 0 Å². The van der Waals surface area contributed by atoms with Gasteiger partial charge in [0, 0.05) is 50.3 Å². The average molecular weight is 276 g/mol. The van der Waals surface area contributed by atoms with Gasteiger partial charge in [-0.1, -0.05) is 0 Å². The van der Waals surface area contributed by atoms with Gasteiger partial charge in [0.25, 0.3) is 0 Å². The number of rotatable bonds is 8. The molecule has 20 heavy (non-hydrogen) atoms. The monoisotopic (exact) mass is 276 g/mol. The largest absolute Gasteiger partial charge is 0.395 e. The maximum absolute atomic E-state index is 9.14. The van der Waals surface area contributed by atoms with Crippen LogP contribution < -0.4 is 0 Å². The smallest absolute Gasteiger partial charge is 0.0710 e. The Labute approximate surface area is 118 Å². The molecule has 0 aliphatic rings. The van der Waals surface area contributed by atoms with Gasteiger partial charge in [0.15, 0.2) is 0 Å². The van der Waals surface area contributed by atoms with Crippen molar-refractivity contribution in [2.75, 3.05) is 33.4 Å². The highest BCUT2D eigenvalue weighted by molar-refractivity contribution is 5.61. The topological polar surface area (TPSA) is 74.3 Å². The molecule has 0 aliphatic carbocycles. The van der Waals surface area contributed by atoms with Crippen molar-refractivity contribution in [1.29, 1.82) is 0 Å². The van der Waals surface area contributed by atoms with Crippen LogP contribution in [0.4, 0.5) is 0 Å². The number of H-pyrrole nitrogens is 1. The van der Waals surface area contributed by atoms with Crippen LogP contribution in [0.5, 0.6) is 0 Å². The minimum Gasteiger partial charge on any atom is -0.395 e. The van der Waals surface area contributed by atoms with Gasteiger partial charge in [-0.15, -0.1) is 0 Å². The van der Waals surface area contributed by atoms with Gasteiger partial charge in [0.2, 0.25) is 0 Å². The van der Waals surface area contributed by atoms with Crippen molar-refractivity contribution >= 4 is 0 Å². The summed E-state index contributed by atoms with van der Waals surface area (Å²) in [5, 5.41) is 16.3. The summed E-state index contributed by atoms with van der Waals surface area (Å²) in [6.45, 7) is 2.87. The van der Waals surface area contributed by atoms with Gasteiger partial charge in [-0.3, -0.25) is 15.0 Å². The number of nitrogens with one attached hydrogen (secondary N) is 1. The molecule has 0 saturated heterocycles. The third-order valence-electron chi connectivity index (χ3n) is 3.09. The second kappa shape index (κ2) is 7.74. The molecule has 0 spiro atoms. The maximum Gasteiger partial charge on any atom is 0.0710 e. The van der Waals surface area contributed by atoms with Gasteiger partial charge >= 0.3 is 0 Å². The lowest BCUT2D eigenvalue weighted by atomic mass is 10.1. The molecular formula is C14H20N4O2. The SMILES string of the molecule is COCCN(CCO)Cc1cn[nH]c1-c1cccnc1. The molecule has 6 heteroatoms. The normalized spacial score (nSPS) is 11.2. The number of hydrogen-bond acceptors (Lipinski definition) is 5. The number of aromatic amines is 1. The summed E-state index contributed by atoms with van der Waals surface area (Å²) >= 11 is 0. The highest BCUT2D eigenvalue weighted by atomic mass is 16.5. The molecule has 6 nitrogen and oxygen atoms in total. The van der Waals surface area contributed by atoms with E-state index < -0.39 is 0 Å². The van der Waals surface area contributed by atoms with Gasteiger partial charge in [-0.2, -0.15) is 5.10 Å². The fraction of sp³-hybridized carbons (Fsp3) is 0.429. The second-order valence-electron chi connectivity index (χ2n) is 4.50. The van der Waals surface area contributed by atoms with E-state index in [2.05, 4.69) is 20.1 Å². The molecule has 2 rings (SSSR count). The van der Waals surface area contributed by atoms with E-state index in [1.807, 2.05) is 24.5 Å². The maximum atomic E-state index is 9.14. The fourth-order valence-electron chi connectivity index (χ4n) is 2.06.